The summed E-state index contributed by atoms with van der Waals surface area (Å²) in [5.41, 5.74) is 1.01. The average molecular weight is 485 g/mol. The summed E-state index contributed by atoms with van der Waals surface area (Å²) in [6.45, 7) is 3.62. The molecule has 0 saturated heterocycles. The van der Waals surface area contributed by atoms with Gasteiger partial charge in [-0.05, 0) is 79.3 Å². The van der Waals surface area contributed by atoms with Crippen LogP contribution in [0.3, 0.4) is 0 Å². The Balaban J connectivity index is 1.46. The predicted molar refractivity (Wildman–Crippen MR) is 127 cm³/mol. The standard InChI is InChI=1S/C29H28F4O2/c1-3-4-18-6-8-19(9-7-18)23-15-16-24(28(33)27(23)32)35-29(34)21-12-10-20(11-13-21)22-14-5-17(2)25(30)26(22)31/h5,10-16,18-19H,3-4,6-9H2,1-2H3. The van der Waals surface area contributed by atoms with Gasteiger partial charge in [0.2, 0.25) is 5.82 Å². The topological polar surface area (TPSA) is 26.3 Å². The van der Waals surface area contributed by atoms with E-state index >= 15 is 0 Å². The fourth-order valence-corrected chi connectivity index (χ4v) is 4.92. The Bertz CT molecular complexity index is 1210. The van der Waals surface area contributed by atoms with Gasteiger partial charge in [-0.15, -0.1) is 0 Å². The van der Waals surface area contributed by atoms with Crippen LogP contribution in [0, 0.1) is 36.1 Å². The highest BCUT2D eigenvalue weighted by molar-refractivity contribution is 5.91. The molecule has 0 heterocycles. The number of hydrogen-bond donors (Lipinski definition) is 0. The van der Waals surface area contributed by atoms with E-state index in [0.717, 1.165) is 38.5 Å². The first-order chi connectivity index (χ1) is 16.8. The van der Waals surface area contributed by atoms with Crippen molar-refractivity contribution >= 4 is 5.97 Å². The summed E-state index contributed by atoms with van der Waals surface area (Å²) < 4.78 is 62.9. The zero-order chi connectivity index (χ0) is 25.1. The van der Waals surface area contributed by atoms with Crippen LogP contribution >= 0.6 is 0 Å². The van der Waals surface area contributed by atoms with Crippen molar-refractivity contribution in [2.45, 2.75) is 58.3 Å². The average Bonchev–Trinajstić information content (AvgIpc) is 2.86. The fraction of sp³-hybridized carbons (Fsp3) is 0.345. The van der Waals surface area contributed by atoms with Gasteiger partial charge in [0.25, 0.3) is 0 Å². The first-order valence-corrected chi connectivity index (χ1v) is 12.0. The van der Waals surface area contributed by atoms with Gasteiger partial charge in [-0.25, -0.2) is 18.0 Å². The van der Waals surface area contributed by atoms with E-state index in [9.17, 15) is 22.4 Å². The van der Waals surface area contributed by atoms with Crippen LogP contribution in [0.4, 0.5) is 17.6 Å². The molecule has 1 aliphatic carbocycles. The van der Waals surface area contributed by atoms with E-state index in [1.165, 1.54) is 55.5 Å². The Kier molecular flexibility index (Phi) is 7.58. The summed E-state index contributed by atoms with van der Waals surface area (Å²) >= 11 is 0. The van der Waals surface area contributed by atoms with E-state index < -0.39 is 35.0 Å². The van der Waals surface area contributed by atoms with Crippen molar-refractivity contribution in [1.82, 2.24) is 0 Å². The number of aryl methyl sites for hydroxylation is 1. The highest BCUT2D eigenvalue weighted by atomic mass is 19.2. The minimum atomic E-state index is -1.18. The number of ether oxygens (including phenoxy) is 1. The van der Waals surface area contributed by atoms with Crippen molar-refractivity contribution in [3.63, 3.8) is 0 Å². The van der Waals surface area contributed by atoms with Gasteiger partial charge < -0.3 is 4.74 Å². The number of halogens is 4. The van der Waals surface area contributed by atoms with Gasteiger partial charge in [0.05, 0.1) is 5.56 Å². The molecule has 0 amide bonds. The second-order valence-electron chi connectivity index (χ2n) is 9.31. The number of benzene rings is 3. The second-order valence-corrected chi connectivity index (χ2v) is 9.31. The van der Waals surface area contributed by atoms with Gasteiger partial charge in [0.1, 0.15) is 0 Å². The lowest BCUT2D eigenvalue weighted by molar-refractivity contribution is 0.0726. The van der Waals surface area contributed by atoms with Crippen LogP contribution in [0.15, 0.2) is 48.5 Å². The van der Waals surface area contributed by atoms with E-state index in [0.29, 0.717) is 17.0 Å². The molecule has 0 unspecified atom stereocenters. The van der Waals surface area contributed by atoms with Crippen molar-refractivity contribution in [2.75, 3.05) is 0 Å². The molecular formula is C29H28F4O2. The molecule has 3 aromatic rings. The largest absolute Gasteiger partial charge is 0.420 e. The van der Waals surface area contributed by atoms with Crippen molar-refractivity contribution < 1.29 is 27.1 Å². The molecule has 0 bridgehead atoms. The third-order valence-corrected chi connectivity index (χ3v) is 6.97. The van der Waals surface area contributed by atoms with Crippen molar-refractivity contribution in [3.8, 4) is 16.9 Å². The van der Waals surface area contributed by atoms with Gasteiger partial charge >= 0.3 is 5.97 Å². The molecule has 1 saturated carbocycles. The molecule has 184 valence electrons. The Morgan fingerprint density at radius 2 is 1.51 bits per heavy atom. The molecule has 6 heteroatoms. The molecule has 0 N–H and O–H groups in total. The van der Waals surface area contributed by atoms with Crippen molar-refractivity contribution in [3.05, 3.63) is 88.5 Å². The smallest absolute Gasteiger partial charge is 0.343 e. The molecule has 3 aromatic carbocycles. The summed E-state index contributed by atoms with van der Waals surface area (Å²) in [4.78, 5) is 12.5. The van der Waals surface area contributed by atoms with Gasteiger partial charge in [0, 0.05) is 5.56 Å². The van der Waals surface area contributed by atoms with Crippen LogP contribution in [-0.2, 0) is 0 Å². The van der Waals surface area contributed by atoms with Crippen molar-refractivity contribution in [2.24, 2.45) is 5.92 Å². The molecule has 2 nitrogen and oxygen atoms in total. The number of carbonyl (C=O) groups is 1. The van der Waals surface area contributed by atoms with Crippen LogP contribution in [0.2, 0.25) is 0 Å². The summed E-state index contributed by atoms with van der Waals surface area (Å²) in [6, 6.07) is 11.3. The van der Waals surface area contributed by atoms with Crippen LogP contribution in [0.1, 0.15) is 72.9 Å². The van der Waals surface area contributed by atoms with Crippen LogP contribution in [0.25, 0.3) is 11.1 Å². The molecule has 0 radical (unpaired) electrons. The molecular weight excluding hydrogens is 456 g/mol. The highest BCUT2D eigenvalue weighted by Gasteiger charge is 2.27. The van der Waals surface area contributed by atoms with Gasteiger partial charge in [-0.2, -0.15) is 4.39 Å². The number of carbonyl (C=O) groups excluding carboxylic acids is 1. The maximum Gasteiger partial charge on any atom is 0.343 e. The minimum Gasteiger partial charge on any atom is -0.420 e. The van der Waals surface area contributed by atoms with Crippen LogP contribution < -0.4 is 4.74 Å². The zero-order valence-corrected chi connectivity index (χ0v) is 19.8. The molecule has 0 aliphatic heterocycles. The van der Waals surface area contributed by atoms with Crippen molar-refractivity contribution in [1.29, 1.82) is 0 Å². The van der Waals surface area contributed by atoms with E-state index in [1.54, 1.807) is 0 Å². The molecule has 1 aliphatic rings. The third-order valence-electron chi connectivity index (χ3n) is 6.97. The fourth-order valence-electron chi connectivity index (χ4n) is 4.92. The van der Waals surface area contributed by atoms with Crippen LogP contribution in [-0.4, -0.2) is 5.97 Å². The summed E-state index contributed by atoms with van der Waals surface area (Å²) in [5, 5.41) is 0. The lowest BCUT2D eigenvalue weighted by Gasteiger charge is -2.29. The van der Waals surface area contributed by atoms with Gasteiger partial charge in [-0.3, -0.25) is 0 Å². The molecule has 35 heavy (non-hydrogen) atoms. The van der Waals surface area contributed by atoms with E-state index in [2.05, 4.69) is 6.92 Å². The van der Waals surface area contributed by atoms with E-state index in [1.807, 2.05) is 0 Å². The maximum absolute atomic E-state index is 14.9. The summed E-state index contributed by atoms with van der Waals surface area (Å²) in [6.07, 6.45) is 5.94. The van der Waals surface area contributed by atoms with E-state index in [-0.39, 0.29) is 22.6 Å². The second kappa shape index (κ2) is 10.6. The van der Waals surface area contributed by atoms with E-state index in [4.69, 9.17) is 4.74 Å². The molecule has 0 spiro atoms. The summed E-state index contributed by atoms with van der Waals surface area (Å²) in [5.74, 6) is -4.80. The Hall–Kier alpha value is -3.15. The number of esters is 1. The molecule has 0 aromatic heterocycles. The Morgan fingerprint density at radius 3 is 2.17 bits per heavy atom. The van der Waals surface area contributed by atoms with Gasteiger partial charge in [0.15, 0.2) is 23.2 Å². The molecule has 0 atom stereocenters. The lowest BCUT2D eigenvalue weighted by atomic mass is 9.77. The quantitative estimate of drug-likeness (QED) is 0.199. The third kappa shape index (κ3) is 5.26. The molecule has 4 rings (SSSR count). The predicted octanol–water partition coefficient (Wildman–Crippen LogP) is 8.51. The zero-order valence-electron chi connectivity index (χ0n) is 19.8. The first-order valence-electron chi connectivity index (χ1n) is 12.0. The number of hydrogen-bond acceptors (Lipinski definition) is 2. The monoisotopic (exact) mass is 484 g/mol. The number of rotatable bonds is 6. The summed E-state index contributed by atoms with van der Waals surface area (Å²) in [7, 11) is 0. The lowest BCUT2D eigenvalue weighted by Crippen LogP contribution is -2.15. The first kappa shape index (κ1) is 25.0. The highest BCUT2D eigenvalue weighted by Crippen LogP contribution is 2.40. The Morgan fingerprint density at radius 1 is 0.829 bits per heavy atom. The maximum atomic E-state index is 14.9. The Labute approximate surface area is 202 Å². The SMILES string of the molecule is CCCC1CCC(c2ccc(OC(=O)c3ccc(-c4ccc(C)c(F)c4F)cc3)c(F)c2F)CC1. The van der Waals surface area contributed by atoms with Crippen LogP contribution in [0.5, 0.6) is 5.75 Å². The normalized spacial score (nSPS) is 17.9. The minimum absolute atomic E-state index is 0.0399. The molecule has 1 fully saturated rings. The van der Waals surface area contributed by atoms with Gasteiger partial charge in [-0.1, -0.05) is 50.1 Å².